The minimum atomic E-state index is 0.213. The van der Waals surface area contributed by atoms with Crippen molar-refractivity contribution >= 4 is 11.4 Å². The minimum Gasteiger partial charge on any atom is -0.380 e. The number of carbonyl (C=O) groups excluding carboxylic acids is 1. The van der Waals surface area contributed by atoms with E-state index < -0.39 is 0 Å². The molecule has 0 heterocycles. The second-order valence-corrected chi connectivity index (χ2v) is 9.56. The molecule has 0 aliphatic rings. The predicted molar refractivity (Wildman–Crippen MR) is 147 cm³/mol. The fourth-order valence-corrected chi connectivity index (χ4v) is 4.55. The lowest BCUT2D eigenvalue weighted by molar-refractivity contribution is 0.0979. The second-order valence-electron chi connectivity index (χ2n) is 9.56. The van der Waals surface area contributed by atoms with Crippen molar-refractivity contribution in [1.29, 1.82) is 5.26 Å². The average Bonchev–Trinajstić information content (AvgIpc) is 2.89. The van der Waals surface area contributed by atoms with Gasteiger partial charge in [0.1, 0.15) is 0 Å². The molecule has 0 aromatic heterocycles. The van der Waals surface area contributed by atoms with Gasteiger partial charge in [-0.15, -0.1) is 0 Å². The summed E-state index contributed by atoms with van der Waals surface area (Å²) < 4.78 is 5.28. The molecule has 186 valence electrons. The molecule has 0 N–H and O–H groups in total. The number of unbranched alkanes of at least 4 members (excludes halogenated alkanes) is 1. The van der Waals surface area contributed by atoms with E-state index in [1.807, 2.05) is 30.3 Å². The third-order valence-electron chi connectivity index (χ3n) is 7.10. The van der Waals surface area contributed by atoms with Gasteiger partial charge in [0.05, 0.1) is 18.2 Å². The fourth-order valence-electron chi connectivity index (χ4n) is 4.55. The summed E-state index contributed by atoms with van der Waals surface area (Å²) in [6.45, 7) is 11.3. The molecule has 35 heavy (non-hydrogen) atoms. The van der Waals surface area contributed by atoms with Crippen LogP contribution in [-0.4, -0.2) is 19.5 Å². The van der Waals surface area contributed by atoms with E-state index in [0.717, 1.165) is 43.2 Å². The second kappa shape index (κ2) is 14.4. The highest BCUT2D eigenvalue weighted by Crippen LogP contribution is 2.29. The van der Waals surface area contributed by atoms with Crippen LogP contribution in [0.15, 0.2) is 65.3 Å². The summed E-state index contributed by atoms with van der Waals surface area (Å²) in [5.41, 5.74) is 8.78. The van der Waals surface area contributed by atoms with Crippen LogP contribution in [-0.2, 0) is 4.74 Å². The van der Waals surface area contributed by atoms with Crippen LogP contribution >= 0.6 is 0 Å². The lowest BCUT2D eigenvalue weighted by atomic mass is 9.88. The number of nitrogens with zero attached hydrogens (tertiary/aromatic N) is 1. The van der Waals surface area contributed by atoms with Crippen molar-refractivity contribution in [3.8, 4) is 6.07 Å². The Kier molecular flexibility index (Phi) is 11.7. The topological polar surface area (TPSA) is 50.1 Å². The molecule has 0 fully saturated rings. The Labute approximate surface area is 212 Å². The molecule has 2 aromatic rings. The first-order valence-corrected chi connectivity index (χ1v) is 12.8. The number of benzene rings is 2. The Morgan fingerprint density at radius 2 is 1.63 bits per heavy atom. The van der Waals surface area contributed by atoms with Crippen molar-refractivity contribution in [2.24, 2.45) is 0 Å². The number of methoxy groups -OCH3 is 1. The number of hydrogen-bond acceptors (Lipinski definition) is 3. The van der Waals surface area contributed by atoms with E-state index in [1.54, 1.807) is 7.11 Å². The quantitative estimate of drug-likeness (QED) is 0.167. The maximum atomic E-state index is 13.0. The van der Waals surface area contributed by atoms with Gasteiger partial charge >= 0.3 is 0 Å². The number of rotatable bonds is 13. The van der Waals surface area contributed by atoms with E-state index in [9.17, 15) is 4.79 Å². The number of ether oxygens (including phenoxy) is 1. The van der Waals surface area contributed by atoms with Crippen molar-refractivity contribution in [2.45, 2.75) is 79.1 Å². The smallest absolute Gasteiger partial charge is 0.162 e. The number of hydrogen-bond donors (Lipinski definition) is 0. The normalized spacial score (nSPS) is 13.5. The standard InChI is InChI=1S/C32H41NO2/c1-7-11-28(29-18-16-27(21-33)17-19-29)12-8-9-15-32(34)31-14-10-13-30(20-31)26(5)25(4)24(3)23(2)22-35-6/h10,13-14,16-20,28H,7-9,11-12,15,22H2,1-6H3/b24-23+,26-25+. The molecule has 0 aliphatic heterocycles. The van der Waals surface area contributed by atoms with E-state index in [-0.39, 0.29) is 5.78 Å². The summed E-state index contributed by atoms with van der Waals surface area (Å²) in [7, 11) is 1.72. The summed E-state index contributed by atoms with van der Waals surface area (Å²) >= 11 is 0. The predicted octanol–water partition coefficient (Wildman–Crippen LogP) is 8.66. The Balaban J connectivity index is 2.01. The number of ketones is 1. The lowest BCUT2D eigenvalue weighted by Gasteiger charge is -2.16. The molecule has 2 aromatic carbocycles. The SMILES string of the molecule is CCCC(CCCCC(=O)c1cccc(/C(C)=C(C)/C(C)=C(\C)COC)c1)c1ccc(C#N)cc1. The van der Waals surface area contributed by atoms with Crippen LogP contribution in [0.25, 0.3) is 5.57 Å². The maximum Gasteiger partial charge on any atom is 0.162 e. The molecular weight excluding hydrogens is 430 g/mol. The Morgan fingerprint density at radius 1 is 0.943 bits per heavy atom. The molecule has 0 amide bonds. The zero-order valence-electron chi connectivity index (χ0n) is 22.4. The molecule has 1 unspecified atom stereocenters. The van der Waals surface area contributed by atoms with E-state index >= 15 is 0 Å². The molecule has 0 saturated heterocycles. The zero-order valence-corrected chi connectivity index (χ0v) is 22.4. The first-order valence-electron chi connectivity index (χ1n) is 12.8. The highest BCUT2D eigenvalue weighted by Gasteiger charge is 2.13. The molecule has 0 bridgehead atoms. The third kappa shape index (κ3) is 8.34. The van der Waals surface area contributed by atoms with Gasteiger partial charge in [-0.05, 0) is 104 Å². The van der Waals surface area contributed by atoms with Crippen LogP contribution < -0.4 is 0 Å². The molecule has 0 saturated carbocycles. The summed E-state index contributed by atoms with van der Waals surface area (Å²) in [5, 5.41) is 9.04. The summed E-state index contributed by atoms with van der Waals surface area (Å²) in [4.78, 5) is 13.0. The average molecular weight is 472 g/mol. The van der Waals surface area contributed by atoms with Gasteiger partial charge in [-0.25, -0.2) is 0 Å². The van der Waals surface area contributed by atoms with Gasteiger partial charge in [0.25, 0.3) is 0 Å². The monoisotopic (exact) mass is 471 g/mol. The number of carbonyl (C=O) groups is 1. The fraction of sp³-hybridized carbons (Fsp3) is 0.438. The van der Waals surface area contributed by atoms with E-state index in [1.165, 1.54) is 27.9 Å². The highest BCUT2D eigenvalue weighted by molar-refractivity contribution is 5.96. The Hall–Kier alpha value is -2.96. The van der Waals surface area contributed by atoms with Crippen LogP contribution in [0.2, 0.25) is 0 Å². The van der Waals surface area contributed by atoms with Crippen molar-refractivity contribution < 1.29 is 9.53 Å². The molecule has 3 heteroatoms. The van der Waals surface area contributed by atoms with Crippen molar-refractivity contribution in [2.75, 3.05) is 13.7 Å². The number of nitriles is 1. The molecular formula is C32H41NO2. The minimum absolute atomic E-state index is 0.213. The Bertz CT molecular complexity index is 1080. The lowest BCUT2D eigenvalue weighted by Crippen LogP contribution is -2.02. The van der Waals surface area contributed by atoms with Gasteiger partial charge in [0.2, 0.25) is 0 Å². The van der Waals surface area contributed by atoms with Crippen LogP contribution in [0.1, 0.15) is 106 Å². The largest absolute Gasteiger partial charge is 0.380 e. The number of Topliss-reactive ketones (excluding diaryl/α,β-unsaturated/α-hetero) is 1. The summed E-state index contributed by atoms with van der Waals surface area (Å²) in [5.74, 6) is 0.699. The van der Waals surface area contributed by atoms with Crippen molar-refractivity contribution in [1.82, 2.24) is 0 Å². The van der Waals surface area contributed by atoms with Crippen LogP contribution in [0, 0.1) is 11.3 Å². The van der Waals surface area contributed by atoms with Crippen molar-refractivity contribution in [3.05, 3.63) is 87.5 Å². The van der Waals surface area contributed by atoms with Crippen molar-refractivity contribution in [3.63, 3.8) is 0 Å². The molecule has 0 radical (unpaired) electrons. The van der Waals surface area contributed by atoms with Gasteiger partial charge < -0.3 is 4.74 Å². The summed E-state index contributed by atoms with van der Waals surface area (Å²) in [6, 6.07) is 18.2. The summed E-state index contributed by atoms with van der Waals surface area (Å²) in [6.07, 6.45) is 5.82. The highest BCUT2D eigenvalue weighted by atomic mass is 16.5. The molecule has 0 spiro atoms. The van der Waals surface area contributed by atoms with E-state index in [0.29, 0.717) is 24.5 Å². The van der Waals surface area contributed by atoms with Gasteiger partial charge in [0.15, 0.2) is 5.78 Å². The van der Waals surface area contributed by atoms with Gasteiger partial charge in [0, 0.05) is 19.1 Å². The first-order chi connectivity index (χ1) is 16.8. The third-order valence-corrected chi connectivity index (χ3v) is 7.10. The van der Waals surface area contributed by atoms with Gasteiger partial charge in [-0.1, -0.05) is 50.1 Å². The molecule has 1 atom stereocenters. The van der Waals surface area contributed by atoms with Crippen LogP contribution in [0.4, 0.5) is 0 Å². The number of allylic oxidation sites excluding steroid dienone is 3. The Morgan fingerprint density at radius 3 is 2.26 bits per heavy atom. The van der Waals surface area contributed by atoms with E-state index in [2.05, 4.69) is 58.9 Å². The molecule has 0 aliphatic carbocycles. The first kappa shape index (κ1) is 28.3. The molecule has 3 nitrogen and oxygen atoms in total. The van der Waals surface area contributed by atoms with Gasteiger partial charge in [-0.2, -0.15) is 5.26 Å². The zero-order chi connectivity index (χ0) is 25.8. The van der Waals surface area contributed by atoms with Crippen LogP contribution in [0.3, 0.4) is 0 Å². The molecule has 2 rings (SSSR count). The maximum absolute atomic E-state index is 13.0. The van der Waals surface area contributed by atoms with Crippen LogP contribution in [0.5, 0.6) is 0 Å². The van der Waals surface area contributed by atoms with E-state index in [4.69, 9.17) is 10.00 Å². The van der Waals surface area contributed by atoms with Gasteiger partial charge in [-0.3, -0.25) is 4.79 Å².